The van der Waals surface area contributed by atoms with E-state index in [2.05, 4.69) is 11.9 Å². The Balaban J connectivity index is 2.05. The van der Waals surface area contributed by atoms with E-state index >= 15 is 0 Å². The number of hydrogen-bond donors (Lipinski definition) is 0. The molecule has 1 fully saturated rings. The first-order valence-corrected chi connectivity index (χ1v) is 8.79. The highest BCUT2D eigenvalue weighted by molar-refractivity contribution is 7.86. The molecule has 1 aromatic heterocycles. The SMILES string of the molecule is Cc1ncsc1CN(C)S(=O)(=O)N1CCC(C)CC1. The number of aryl methyl sites for hydroxylation is 1. The molecule has 0 aliphatic carbocycles. The van der Waals surface area contributed by atoms with E-state index in [9.17, 15) is 8.42 Å². The fourth-order valence-electron chi connectivity index (χ4n) is 2.17. The van der Waals surface area contributed by atoms with Crippen LogP contribution in [0.25, 0.3) is 0 Å². The summed E-state index contributed by atoms with van der Waals surface area (Å²) in [5.41, 5.74) is 2.67. The average Bonchev–Trinajstić information content (AvgIpc) is 2.75. The Hall–Kier alpha value is -0.500. The first-order valence-electron chi connectivity index (χ1n) is 6.51. The standard InChI is InChI=1S/C12H21N3O2S2/c1-10-4-6-15(7-5-10)19(16,17)14(3)8-12-11(2)13-9-18-12/h9-10H,4-8H2,1-3H3. The normalized spacial score (nSPS) is 19.2. The Morgan fingerprint density at radius 1 is 1.47 bits per heavy atom. The van der Waals surface area contributed by atoms with Crippen molar-refractivity contribution >= 4 is 21.5 Å². The lowest BCUT2D eigenvalue weighted by Gasteiger charge is -2.32. The molecular weight excluding hydrogens is 282 g/mol. The minimum atomic E-state index is -3.33. The number of hydrogen-bond acceptors (Lipinski definition) is 4. The summed E-state index contributed by atoms with van der Waals surface area (Å²) < 4.78 is 28.0. The Bertz CT molecular complexity index is 519. The fourth-order valence-corrected chi connectivity index (χ4v) is 4.44. The predicted octanol–water partition coefficient (Wildman–Crippen LogP) is 1.86. The zero-order chi connectivity index (χ0) is 14.0. The van der Waals surface area contributed by atoms with Crippen LogP contribution in [0.2, 0.25) is 0 Å². The smallest absolute Gasteiger partial charge is 0.250 e. The molecule has 1 aromatic rings. The van der Waals surface area contributed by atoms with Gasteiger partial charge in [0.2, 0.25) is 0 Å². The van der Waals surface area contributed by atoms with Gasteiger partial charge < -0.3 is 0 Å². The summed E-state index contributed by atoms with van der Waals surface area (Å²) >= 11 is 1.51. The summed E-state index contributed by atoms with van der Waals surface area (Å²) in [6.07, 6.45) is 1.90. The maximum absolute atomic E-state index is 12.5. The van der Waals surface area contributed by atoms with Gasteiger partial charge in [0.25, 0.3) is 10.2 Å². The third-order valence-electron chi connectivity index (χ3n) is 3.67. The molecule has 0 aromatic carbocycles. The Morgan fingerprint density at radius 2 is 2.11 bits per heavy atom. The van der Waals surface area contributed by atoms with Crippen LogP contribution in [-0.4, -0.2) is 42.1 Å². The molecular formula is C12H21N3O2S2. The van der Waals surface area contributed by atoms with Crippen molar-refractivity contribution in [2.75, 3.05) is 20.1 Å². The van der Waals surface area contributed by atoms with Crippen molar-refractivity contribution in [3.8, 4) is 0 Å². The van der Waals surface area contributed by atoms with E-state index in [4.69, 9.17) is 0 Å². The number of piperidine rings is 1. The summed E-state index contributed by atoms with van der Waals surface area (Å²) in [6, 6.07) is 0. The van der Waals surface area contributed by atoms with Gasteiger partial charge in [-0.15, -0.1) is 11.3 Å². The van der Waals surface area contributed by atoms with Gasteiger partial charge in [-0.2, -0.15) is 17.0 Å². The molecule has 0 amide bonds. The largest absolute Gasteiger partial charge is 0.282 e. The highest BCUT2D eigenvalue weighted by Crippen LogP contribution is 2.22. The van der Waals surface area contributed by atoms with Gasteiger partial charge in [0.1, 0.15) is 0 Å². The Labute approximate surface area is 119 Å². The topological polar surface area (TPSA) is 53.5 Å². The first kappa shape index (κ1) is 14.9. The molecule has 0 N–H and O–H groups in total. The van der Waals surface area contributed by atoms with E-state index in [1.165, 1.54) is 15.6 Å². The van der Waals surface area contributed by atoms with Crippen molar-refractivity contribution in [1.29, 1.82) is 0 Å². The molecule has 5 nitrogen and oxygen atoms in total. The molecule has 0 bridgehead atoms. The molecule has 2 rings (SSSR count). The molecule has 19 heavy (non-hydrogen) atoms. The first-order chi connectivity index (χ1) is 8.91. The molecule has 0 saturated carbocycles. The molecule has 1 saturated heterocycles. The van der Waals surface area contributed by atoms with Crippen molar-refractivity contribution in [1.82, 2.24) is 13.6 Å². The van der Waals surface area contributed by atoms with E-state index in [-0.39, 0.29) is 0 Å². The van der Waals surface area contributed by atoms with Crippen LogP contribution in [0.4, 0.5) is 0 Å². The minimum absolute atomic E-state index is 0.408. The van der Waals surface area contributed by atoms with Gasteiger partial charge in [-0.3, -0.25) is 0 Å². The van der Waals surface area contributed by atoms with E-state index < -0.39 is 10.2 Å². The Morgan fingerprint density at radius 3 is 2.63 bits per heavy atom. The summed E-state index contributed by atoms with van der Waals surface area (Å²) in [6.45, 7) is 5.76. The van der Waals surface area contributed by atoms with Crippen molar-refractivity contribution in [2.24, 2.45) is 5.92 Å². The van der Waals surface area contributed by atoms with E-state index in [0.29, 0.717) is 25.6 Å². The third kappa shape index (κ3) is 3.34. The van der Waals surface area contributed by atoms with Gasteiger partial charge >= 0.3 is 0 Å². The molecule has 108 valence electrons. The third-order valence-corrected chi connectivity index (χ3v) is 6.53. The van der Waals surface area contributed by atoms with Crippen LogP contribution < -0.4 is 0 Å². The fraction of sp³-hybridized carbons (Fsp3) is 0.750. The van der Waals surface area contributed by atoms with Crippen molar-refractivity contribution in [3.63, 3.8) is 0 Å². The Kier molecular flexibility index (Phi) is 4.60. The second-order valence-corrected chi connectivity index (χ2v) is 8.18. The molecule has 1 aliphatic rings. The highest BCUT2D eigenvalue weighted by atomic mass is 32.2. The lowest BCUT2D eigenvalue weighted by Crippen LogP contribution is -2.45. The number of nitrogens with zero attached hydrogens (tertiary/aromatic N) is 3. The van der Waals surface area contributed by atoms with Crippen LogP contribution >= 0.6 is 11.3 Å². The molecule has 0 atom stereocenters. The summed E-state index contributed by atoms with van der Waals surface area (Å²) in [5, 5.41) is 0. The monoisotopic (exact) mass is 303 g/mol. The zero-order valence-corrected chi connectivity index (χ0v) is 13.3. The van der Waals surface area contributed by atoms with Gasteiger partial charge in [-0.05, 0) is 25.7 Å². The second-order valence-electron chi connectivity index (χ2n) is 5.21. The maximum atomic E-state index is 12.5. The van der Waals surface area contributed by atoms with E-state index in [1.54, 1.807) is 16.9 Å². The molecule has 0 radical (unpaired) electrons. The molecule has 0 unspecified atom stereocenters. The van der Waals surface area contributed by atoms with Crippen molar-refractivity contribution in [3.05, 3.63) is 16.1 Å². The predicted molar refractivity (Wildman–Crippen MR) is 77.2 cm³/mol. The summed E-state index contributed by atoms with van der Waals surface area (Å²) in [5.74, 6) is 0.625. The van der Waals surface area contributed by atoms with E-state index in [0.717, 1.165) is 23.4 Å². The number of rotatable bonds is 4. The average molecular weight is 303 g/mol. The van der Waals surface area contributed by atoms with Gasteiger partial charge in [-0.1, -0.05) is 6.92 Å². The quantitative estimate of drug-likeness (QED) is 0.853. The lowest BCUT2D eigenvalue weighted by molar-refractivity contribution is 0.269. The summed E-state index contributed by atoms with van der Waals surface area (Å²) in [7, 11) is -1.69. The van der Waals surface area contributed by atoms with Gasteiger partial charge in [0, 0.05) is 25.0 Å². The van der Waals surface area contributed by atoms with Crippen LogP contribution in [0.3, 0.4) is 0 Å². The van der Waals surface area contributed by atoms with Gasteiger partial charge in [0.05, 0.1) is 17.7 Å². The second kappa shape index (κ2) is 5.87. The molecule has 0 spiro atoms. The van der Waals surface area contributed by atoms with Gasteiger partial charge in [0.15, 0.2) is 0 Å². The number of thiazole rings is 1. The zero-order valence-electron chi connectivity index (χ0n) is 11.7. The van der Waals surface area contributed by atoms with Crippen molar-refractivity contribution < 1.29 is 8.42 Å². The minimum Gasteiger partial charge on any atom is -0.250 e. The highest BCUT2D eigenvalue weighted by Gasteiger charge is 2.30. The summed E-state index contributed by atoms with van der Waals surface area (Å²) in [4.78, 5) is 5.17. The van der Waals surface area contributed by atoms with Crippen LogP contribution in [0.5, 0.6) is 0 Å². The van der Waals surface area contributed by atoms with E-state index in [1.807, 2.05) is 6.92 Å². The number of aromatic nitrogens is 1. The van der Waals surface area contributed by atoms with Crippen LogP contribution in [0.15, 0.2) is 5.51 Å². The molecule has 7 heteroatoms. The lowest BCUT2D eigenvalue weighted by atomic mass is 10.0. The molecule has 1 aliphatic heterocycles. The van der Waals surface area contributed by atoms with Crippen LogP contribution in [-0.2, 0) is 16.8 Å². The van der Waals surface area contributed by atoms with Crippen LogP contribution in [0.1, 0.15) is 30.3 Å². The van der Waals surface area contributed by atoms with Crippen molar-refractivity contribution in [2.45, 2.75) is 33.2 Å². The maximum Gasteiger partial charge on any atom is 0.282 e. The van der Waals surface area contributed by atoms with Gasteiger partial charge in [-0.25, -0.2) is 4.98 Å². The van der Waals surface area contributed by atoms with Crippen LogP contribution in [0, 0.1) is 12.8 Å². The molecule has 2 heterocycles.